The summed E-state index contributed by atoms with van der Waals surface area (Å²) in [5.41, 5.74) is 0.0632. The number of anilines is 1. The van der Waals surface area contributed by atoms with E-state index in [9.17, 15) is 9.59 Å². The molecule has 0 bridgehead atoms. The van der Waals surface area contributed by atoms with Crippen LogP contribution in [0.5, 0.6) is 0 Å². The molecular formula is C12H15NO3S. The smallest absolute Gasteiger partial charge is 0.321 e. The number of carbonyl (C=O) groups excluding carboxylic acids is 2. The molecule has 1 N–H and O–H groups in total. The van der Waals surface area contributed by atoms with E-state index < -0.39 is 11.4 Å². The topological polar surface area (TPSA) is 55.4 Å². The van der Waals surface area contributed by atoms with Crippen LogP contribution in [0.1, 0.15) is 24.8 Å². The van der Waals surface area contributed by atoms with Crippen molar-refractivity contribution in [2.45, 2.75) is 26.2 Å². The second-order valence-electron chi connectivity index (χ2n) is 4.31. The predicted molar refractivity (Wildman–Crippen MR) is 66.0 cm³/mol. The SMILES string of the molecule is COC(=O)C1(C(=O)Nc2sccc2C)CCC1. The zero-order valence-electron chi connectivity index (χ0n) is 9.91. The van der Waals surface area contributed by atoms with Crippen LogP contribution in [0.15, 0.2) is 11.4 Å². The summed E-state index contributed by atoms with van der Waals surface area (Å²) in [6.45, 7) is 1.93. The summed E-state index contributed by atoms with van der Waals surface area (Å²) in [5, 5.41) is 5.55. The molecule has 0 unspecified atom stereocenters. The summed E-state index contributed by atoms with van der Waals surface area (Å²) in [6, 6.07) is 1.94. The highest BCUT2D eigenvalue weighted by atomic mass is 32.1. The number of aryl methyl sites for hydroxylation is 1. The normalized spacial score (nSPS) is 17.1. The van der Waals surface area contributed by atoms with E-state index in [0.717, 1.165) is 17.0 Å². The van der Waals surface area contributed by atoms with E-state index in [1.165, 1.54) is 18.4 Å². The van der Waals surface area contributed by atoms with Gasteiger partial charge in [-0.1, -0.05) is 6.42 Å². The van der Waals surface area contributed by atoms with Crippen LogP contribution in [0.2, 0.25) is 0 Å². The van der Waals surface area contributed by atoms with E-state index in [0.29, 0.717) is 12.8 Å². The van der Waals surface area contributed by atoms with Gasteiger partial charge in [0.25, 0.3) is 0 Å². The Balaban J connectivity index is 2.14. The van der Waals surface area contributed by atoms with Crippen molar-refractivity contribution in [1.29, 1.82) is 0 Å². The Labute approximate surface area is 104 Å². The number of hydrogen-bond donors (Lipinski definition) is 1. The minimum atomic E-state index is -0.953. The van der Waals surface area contributed by atoms with E-state index in [1.54, 1.807) is 0 Å². The van der Waals surface area contributed by atoms with Gasteiger partial charge in [-0.3, -0.25) is 9.59 Å². The van der Waals surface area contributed by atoms with Crippen LogP contribution in [-0.4, -0.2) is 19.0 Å². The number of ether oxygens (including phenoxy) is 1. The molecule has 0 atom stereocenters. The highest BCUT2D eigenvalue weighted by Crippen LogP contribution is 2.43. The Kier molecular flexibility index (Phi) is 3.19. The Hall–Kier alpha value is -1.36. The van der Waals surface area contributed by atoms with Crippen molar-refractivity contribution in [2.24, 2.45) is 5.41 Å². The fourth-order valence-electron chi connectivity index (χ4n) is 1.97. The molecule has 1 heterocycles. The van der Waals surface area contributed by atoms with Crippen molar-refractivity contribution < 1.29 is 14.3 Å². The number of carbonyl (C=O) groups is 2. The summed E-state index contributed by atoms with van der Waals surface area (Å²) in [7, 11) is 1.33. The number of rotatable bonds is 3. The lowest BCUT2D eigenvalue weighted by Crippen LogP contribution is -2.48. The molecule has 2 rings (SSSR count). The average molecular weight is 253 g/mol. The fraction of sp³-hybridized carbons (Fsp3) is 0.500. The second kappa shape index (κ2) is 4.49. The lowest BCUT2D eigenvalue weighted by atomic mass is 9.68. The first-order chi connectivity index (χ1) is 8.10. The molecule has 17 heavy (non-hydrogen) atoms. The number of methoxy groups -OCH3 is 1. The van der Waals surface area contributed by atoms with E-state index in [-0.39, 0.29) is 5.91 Å². The quantitative estimate of drug-likeness (QED) is 0.664. The third-order valence-corrected chi connectivity index (χ3v) is 4.24. The molecule has 0 aromatic carbocycles. The van der Waals surface area contributed by atoms with Crippen molar-refractivity contribution >= 4 is 28.2 Å². The molecule has 0 spiro atoms. The molecule has 0 radical (unpaired) electrons. The summed E-state index contributed by atoms with van der Waals surface area (Å²) in [5.74, 6) is -0.656. The molecule has 1 amide bonds. The van der Waals surface area contributed by atoms with Crippen LogP contribution in [0.4, 0.5) is 5.00 Å². The van der Waals surface area contributed by atoms with Crippen LogP contribution in [0.3, 0.4) is 0 Å². The maximum atomic E-state index is 12.2. The lowest BCUT2D eigenvalue weighted by molar-refractivity contribution is -0.163. The molecule has 1 fully saturated rings. The molecule has 1 aliphatic rings. The maximum absolute atomic E-state index is 12.2. The first kappa shape index (κ1) is 12.1. The second-order valence-corrected chi connectivity index (χ2v) is 5.23. The van der Waals surface area contributed by atoms with Gasteiger partial charge >= 0.3 is 5.97 Å². The molecule has 1 saturated carbocycles. The van der Waals surface area contributed by atoms with E-state index >= 15 is 0 Å². The van der Waals surface area contributed by atoms with Gasteiger partial charge in [0.2, 0.25) is 5.91 Å². The van der Waals surface area contributed by atoms with E-state index in [4.69, 9.17) is 4.74 Å². The summed E-state index contributed by atoms with van der Waals surface area (Å²) in [6.07, 6.45) is 2.05. The number of thiophene rings is 1. The molecular weight excluding hydrogens is 238 g/mol. The van der Waals surface area contributed by atoms with Crippen molar-refractivity contribution in [3.63, 3.8) is 0 Å². The molecule has 0 saturated heterocycles. The predicted octanol–water partition coefficient (Wildman–Crippen LogP) is 2.34. The van der Waals surface area contributed by atoms with Gasteiger partial charge in [0.1, 0.15) is 5.41 Å². The molecule has 1 aromatic heterocycles. The Morgan fingerprint density at radius 3 is 2.59 bits per heavy atom. The molecule has 1 aromatic rings. The summed E-state index contributed by atoms with van der Waals surface area (Å²) < 4.78 is 4.73. The number of amides is 1. The largest absolute Gasteiger partial charge is 0.468 e. The molecule has 0 aliphatic heterocycles. The highest BCUT2D eigenvalue weighted by molar-refractivity contribution is 7.14. The van der Waals surface area contributed by atoms with Gasteiger partial charge in [0, 0.05) is 0 Å². The maximum Gasteiger partial charge on any atom is 0.321 e. The summed E-state index contributed by atoms with van der Waals surface area (Å²) >= 11 is 1.46. The van der Waals surface area contributed by atoms with Gasteiger partial charge in [-0.05, 0) is 36.8 Å². The van der Waals surface area contributed by atoms with Crippen molar-refractivity contribution in [1.82, 2.24) is 0 Å². The Morgan fingerprint density at radius 1 is 1.47 bits per heavy atom. The molecule has 4 nitrogen and oxygen atoms in total. The lowest BCUT2D eigenvalue weighted by Gasteiger charge is -2.36. The van der Waals surface area contributed by atoms with Crippen LogP contribution in [0.25, 0.3) is 0 Å². The van der Waals surface area contributed by atoms with Gasteiger partial charge < -0.3 is 10.1 Å². The average Bonchev–Trinajstić information content (AvgIpc) is 2.62. The van der Waals surface area contributed by atoms with Crippen molar-refractivity contribution in [3.05, 3.63) is 17.0 Å². The molecule has 92 valence electrons. The van der Waals surface area contributed by atoms with Gasteiger partial charge in [0.05, 0.1) is 12.1 Å². The van der Waals surface area contributed by atoms with Gasteiger partial charge in [-0.25, -0.2) is 0 Å². The van der Waals surface area contributed by atoms with Crippen LogP contribution >= 0.6 is 11.3 Å². The van der Waals surface area contributed by atoms with Gasteiger partial charge in [0.15, 0.2) is 0 Å². The van der Waals surface area contributed by atoms with Crippen molar-refractivity contribution in [2.75, 3.05) is 12.4 Å². The Bertz CT molecular complexity index is 448. The zero-order chi connectivity index (χ0) is 12.5. The standard InChI is InChI=1S/C12H15NO3S/c1-8-4-7-17-9(8)13-10(14)12(5-3-6-12)11(15)16-2/h4,7H,3,5-6H2,1-2H3,(H,13,14). The zero-order valence-corrected chi connectivity index (χ0v) is 10.7. The van der Waals surface area contributed by atoms with Crippen LogP contribution in [-0.2, 0) is 14.3 Å². The van der Waals surface area contributed by atoms with Crippen LogP contribution < -0.4 is 5.32 Å². The summed E-state index contributed by atoms with van der Waals surface area (Å²) in [4.78, 5) is 23.9. The third-order valence-electron chi connectivity index (χ3n) is 3.31. The van der Waals surface area contributed by atoms with Crippen molar-refractivity contribution in [3.8, 4) is 0 Å². The Morgan fingerprint density at radius 2 is 2.18 bits per heavy atom. The minimum absolute atomic E-state index is 0.235. The van der Waals surface area contributed by atoms with E-state index in [1.807, 2.05) is 18.4 Å². The number of esters is 1. The first-order valence-electron chi connectivity index (χ1n) is 5.54. The third kappa shape index (κ3) is 1.95. The van der Waals surface area contributed by atoms with E-state index in [2.05, 4.69) is 5.32 Å². The number of nitrogens with one attached hydrogen (secondary N) is 1. The minimum Gasteiger partial charge on any atom is -0.468 e. The fourth-order valence-corrected chi connectivity index (χ4v) is 2.79. The van der Waals surface area contributed by atoms with Gasteiger partial charge in [-0.15, -0.1) is 11.3 Å². The number of hydrogen-bond acceptors (Lipinski definition) is 4. The molecule has 1 aliphatic carbocycles. The molecule has 5 heteroatoms. The van der Waals surface area contributed by atoms with Crippen LogP contribution in [0, 0.1) is 12.3 Å². The first-order valence-corrected chi connectivity index (χ1v) is 6.42. The van der Waals surface area contributed by atoms with Gasteiger partial charge in [-0.2, -0.15) is 0 Å². The highest BCUT2D eigenvalue weighted by Gasteiger charge is 2.52. The monoisotopic (exact) mass is 253 g/mol.